The SMILES string of the molecule is CCCS(=O)(=O)c1ccccc1NC(C)C(CC)CC. The molecule has 0 aliphatic carbocycles. The van der Waals surface area contributed by atoms with Gasteiger partial charge in [-0.25, -0.2) is 8.42 Å². The van der Waals surface area contributed by atoms with Crippen molar-refractivity contribution in [2.24, 2.45) is 5.92 Å². The molecule has 114 valence electrons. The summed E-state index contributed by atoms with van der Waals surface area (Å²) in [6.07, 6.45) is 2.82. The zero-order valence-corrected chi connectivity index (χ0v) is 13.8. The lowest BCUT2D eigenvalue weighted by Crippen LogP contribution is -2.26. The molecule has 1 aromatic carbocycles. The minimum absolute atomic E-state index is 0.199. The summed E-state index contributed by atoms with van der Waals surface area (Å²) < 4.78 is 24.6. The molecule has 0 bridgehead atoms. The summed E-state index contributed by atoms with van der Waals surface area (Å²) in [5, 5.41) is 3.40. The molecule has 0 saturated heterocycles. The molecular formula is C16H27NO2S. The molecule has 1 N–H and O–H groups in total. The molecule has 0 heterocycles. The molecule has 0 aliphatic heterocycles. The van der Waals surface area contributed by atoms with Gasteiger partial charge in [-0.15, -0.1) is 0 Å². The van der Waals surface area contributed by atoms with Crippen molar-refractivity contribution in [1.82, 2.24) is 0 Å². The molecule has 0 aromatic heterocycles. The summed E-state index contributed by atoms with van der Waals surface area (Å²) >= 11 is 0. The number of hydrogen-bond acceptors (Lipinski definition) is 3. The van der Waals surface area contributed by atoms with Crippen LogP contribution in [0.4, 0.5) is 5.69 Å². The van der Waals surface area contributed by atoms with Gasteiger partial charge in [0.15, 0.2) is 9.84 Å². The fourth-order valence-corrected chi connectivity index (χ4v) is 4.10. The van der Waals surface area contributed by atoms with Gasteiger partial charge in [0, 0.05) is 6.04 Å². The Balaban J connectivity index is 3.02. The van der Waals surface area contributed by atoms with E-state index in [0.29, 0.717) is 17.2 Å². The monoisotopic (exact) mass is 297 g/mol. The largest absolute Gasteiger partial charge is 0.381 e. The molecule has 20 heavy (non-hydrogen) atoms. The molecule has 1 unspecified atom stereocenters. The summed E-state index contributed by atoms with van der Waals surface area (Å²) in [5.41, 5.74) is 0.736. The molecule has 0 saturated carbocycles. The number of para-hydroxylation sites is 1. The van der Waals surface area contributed by atoms with E-state index in [1.54, 1.807) is 12.1 Å². The number of benzene rings is 1. The topological polar surface area (TPSA) is 46.2 Å². The van der Waals surface area contributed by atoms with E-state index in [1.165, 1.54) is 0 Å². The van der Waals surface area contributed by atoms with E-state index in [4.69, 9.17) is 0 Å². The van der Waals surface area contributed by atoms with Crippen molar-refractivity contribution < 1.29 is 8.42 Å². The van der Waals surface area contributed by atoms with Gasteiger partial charge < -0.3 is 5.32 Å². The van der Waals surface area contributed by atoms with Crippen LogP contribution in [0.1, 0.15) is 47.0 Å². The molecule has 1 rings (SSSR count). The normalized spacial score (nSPS) is 13.4. The number of rotatable bonds is 8. The van der Waals surface area contributed by atoms with Crippen LogP contribution in [-0.2, 0) is 9.84 Å². The first-order valence-electron chi connectivity index (χ1n) is 7.54. The van der Waals surface area contributed by atoms with Gasteiger partial charge in [-0.2, -0.15) is 0 Å². The average Bonchev–Trinajstić information content (AvgIpc) is 2.40. The second kappa shape index (κ2) is 7.67. The minimum atomic E-state index is -3.19. The molecule has 4 heteroatoms. The smallest absolute Gasteiger partial charge is 0.180 e. The minimum Gasteiger partial charge on any atom is -0.381 e. The molecule has 1 aromatic rings. The Morgan fingerprint density at radius 2 is 1.70 bits per heavy atom. The van der Waals surface area contributed by atoms with Gasteiger partial charge in [0.25, 0.3) is 0 Å². The lowest BCUT2D eigenvalue weighted by Gasteiger charge is -2.24. The van der Waals surface area contributed by atoms with Gasteiger partial charge in [-0.1, -0.05) is 45.7 Å². The predicted octanol–water partition coefficient (Wildman–Crippen LogP) is 4.11. The third kappa shape index (κ3) is 4.23. The highest BCUT2D eigenvalue weighted by atomic mass is 32.2. The van der Waals surface area contributed by atoms with E-state index < -0.39 is 9.84 Å². The van der Waals surface area contributed by atoms with E-state index in [0.717, 1.165) is 18.5 Å². The zero-order valence-electron chi connectivity index (χ0n) is 13.0. The number of sulfone groups is 1. The fourth-order valence-electron chi connectivity index (χ4n) is 2.59. The second-order valence-electron chi connectivity index (χ2n) is 5.32. The van der Waals surface area contributed by atoms with E-state index in [9.17, 15) is 8.42 Å². The Kier molecular flexibility index (Phi) is 6.53. The first kappa shape index (κ1) is 17.0. The van der Waals surface area contributed by atoms with Gasteiger partial charge >= 0.3 is 0 Å². The van der Waals surface area contributed by atoms with Crippen molar-refractivity contribution in [3.05, 3.63) is 24.3 Å². The Morgan fingerprint density at radius 1 is 1.10 bits per heavy atom. The zero-order chi connectivity index (χ0) is 15.2. The van der Waals surface area contributed by atoms with Crippen LogP contribution in [0, 0.1) is 5.92 Å². The Bertz CT molecular complexity index is 507. The van der Waals surface area contributed by atoms with Crippen molar-refractivity contribution >= 4 is 15.5 Å². The molecule has 0 amide bonds. The molecule has 0 spiro atoms. The third-order valence-electron chi connectivity index (χ3n) is 3.83. The van der Waals surface area contributed by atoms with Gasteiger partial charge in [0.05, 0.1) is 16.3 Å². The van der Waals surface area contributed by atoms with E-state index in [2.05, 4.69) is 26.1 Å². The lowest BCUT2D eigenvalue weighted by atomic mass is 9.95. The van der Waals surface area contributed by atoms with Gasteiger partial charge in [-0.3, -0.25) is 0 Å². The first-order valence-corrected chi connectivity index (χ1v) is 9.19. The van der Waals surface area contributed by atoms with Crippen molar-refractivity contribution in [1.29, 1.82) is 0 Å². The van der Waals surface area contributed by atoms with Crippen LogP contribution in [0.2, 0.25) is 0 Å². The summed E-state index contributed by atoms with van der Waals surface area (Å²) in [5.74, 6) is 0.752. The summed E-state index contributed by atoms with van der Waals surface area (Å²) in [7, 11) is -3.19. The van der Waals surface area contributed by atoms with Crippen LogP contribution in [0.25, 0.3) is 0 Å². The Hall–Kier alpha value is -1.03. The van der Waals surface area contributed by atoms with E-state index in [1.807, 2.05) is 19.1 Å². The van der Waals surface area contributed by atoms with Crippen LogP contribution in [0.3, 0.4) is 0 Å². The highest BCUT2D eigenvalue weighted by molar-refractivity contribution is 7.91. The molecular weight excluding hydrogens is 270 g/mol. The predicted molar refractivity (Wildman–Crippen MR) is 85.9 cm³/mol. The van der Waals surface area contributed by atoms with Crippen LogP contribution >= 0.6 is 0 Å². The van der Waals surface area contributed by atoms with Crippen LogP contribution in [-0.4, -0.2) is 20.2 Å². The van der Waals surface area contributed by atoms with Crippen molar-refractivity contribution in [3.8, 4) is 0 Å². The van der Waals surface area contributed by atoms with Crippen LogP contribution in [0.5, 0.6) is 0 Å². The van der Waals surface area contributed by atoms with Gasteiger partial charge in [0.1, 0.15) is 0 Å². The van der Waals surface area contributed by atoms with Crippen molar-refractivity contribution in [2.45, 2.75) is 57.9 Å². The summed E-state index contributed by atoms with van der Waals surface area (Å²) in [6, 6.07) is 7.50. The second-order valence-corrected chi connectivity index (χ2v) is 7.40. The molecule has 1 atom stereocenters. The molecule has 0 radical (unpaired) electrons. The summed E-state index contributed by atoms with van der Waals surface area (Å²) in [4.78, 5) is 0.430. The summed E-state index contributed by atoms with van der Waals surface area (Å²) in [6.45, 7) is 8.36. The maximum Gasteiger partial charge on any atom is 0.180 e. The van der Waals surface area contributed by atoms with Gasteiger partial charge in [-0.05, 0) is 31.4 Å². The maximum atomic E-state index is 12.3. The quantitative estimate of drug-likeness (QED) is 0.785. The Morgan fingerprint density at radius 3 is 2.25 bits per heavy atom. The number of hydrogen-bond donors (Lipinski definition) is 1. The highest BCUT2D eigenvalue weighted by Gasteiger charge is 2.20. The molecule has 0 fully saturated rings. The van der Waals surface area contributed by atoms with Crippen LogP contribution in [0.15, 0.2) is 29.2 Å². The number of nitrogens with one attached hydrogen (secondary N) is 1. The van der Waals surface area contributed by atoms with E-state index >= 15 is 0 Å². The third-order valence-corrected chi connectivity index (χ3v) is 5.81. The van der Waals surface area contributed by atoms with E-state index in [-0.39, 0.29) is 11.8 Å². The first-order chi connectivity index (χ1) is 9.46. The maximum absolute atomic E-state index is 12.3. The van der Waals surface area contributed by atoms with Crippen molar-refractivity contribution in [2.75, 3.05) is 11.1 Å². The fraction of sp³-hybridized carbons (Fsp3) is 0.625. The standard InChI is InChI=1S/C16H27NO2S/c1-5-12-20(18,19)16-11-9-8-10-15(16)17-13(4)14(6-2)7-3/h8-11,13-14,17H,5-7,12H2,1-4H3. The van der Waals surface area contributed by atoms with Crippen LogP contribution < -0.4 is 5.32 Å². The van der Waals surface area contributed by atoms with Gasteiger partial charge in [0.2, 0.25) is 0 Å². The average molecular weight is 297 g/mol. The molecule has 3 nitrogen and oxygen atoms in total. The Labute approximate surface area is 123 Å². The number of anilines is 1. The molecule has 0 aliphatic rings. The lowest BCUT2D eigenvalue weighted by molar-refractivity contribution is 0.437. The highest BCUT2D eigenvalue weighted by Crippen LogP contribution is 2.25. The van der Waals surface area contributed by atoms with Crippen molar-refractivity contribution in [3.63, 3.8) is 0 Å².